The lowest BCUT2D eigenvalue weighted by molar-refractivity contribution is -0.384. The van der Waals surface area contributed by atoms with E-state index in [2.05, 4.69) is 16.0 Å². The number of anilines is 1. The third-order valence-electron chi connectivity index (χ3n) is 3.84. The third-order valence-corrected chi connectivity index (χ3v) is 4.09. The monoisotopic (exact) mass is 404 g/mol. The summed E-state index contributed by atoms with van der Waals surface area (Å²) in [5.74, 6) is -0.365. The van der Waals surface area contributed by atoms with Crippen molar-refractivity contribution in [1.29, 1.82) is 0 Å². The molecule has 0 saturated carbocycles. The predicted octanol–water partition coefficient (Wildman–Crippen LogP) is 2.99. The highest BCUT2D eigenvalue weighted by Gasteiger charge is 2.11. The highest BCUT2D eigenvalue weighted by atomic mass is 35.5. The topological polar surface area (TPSA) is 113 Å². The zero-order chi connectivity index (χ0) is 20.4. The Bertz CT molecular complexity index is 827. The minimum atomic E-state index is -0.459. The molecule has 0 unspecified atom stereocenters. The number of rotatable bonds is 10. The smallest absolute Gasteiger partial charge is 0.292 e. The van der Waals surface area contributed by atoms with Gasteiger partial charge in [0.2, 0.25) is 5.91 Å². The summed E-state index contributed by atoms with van der Waals surface area (Å²) in [5.41, 5.74) is 0.909. The van der Waals surface area contributed by atoms with Crippen molar-refractivity contribution in [2.75, 3.05) is 25.0 Å². The molecule has 2 aromatic carbocycles. The summed E-state index contributed by atoms with van der Waals surface area (Å²) in [7, 11) is 0. The van der Waals surface area contributed by atoms with Crippen LogP contribution in [0.4, 0.5) is 11.4 Å². The van der Waals surface area contributed by atoms with E-state index in [4.69, 9.17) is 11.6 Å². The Balaban J connectivity index is 1.60. The van der Waals surface area contributed by atoms with E-state index in [0.29, 0.717) is 42.3 Å². The summed E-state index contributed by atoms with van der Waals surface area (Å²) < 4.78 is 0. The van der Waals surface area contributed by atoms with Gasteiger partial charge in [0, 0.05) is 42.7 Å². The van der Waals surface area contributed by atoms with Gasteiger partial charge in [-0.25, -0.2) is 0 Å². The van der Waals surface area contributed by atoms with Crippen LogP contribution < -0.4 is 16.0 Å². The number of halogens is 1. The van der Waals surface area contributed by atoms with Crippen LogP contribution in [0.2, 0.25) is 5.02 Å². The fraction of sp³-hybridized carbons (Fsp3) is 0.263. The first-order chi connectivity index (χ1) is 13.5. The van der Waals surface area contributed by atoms with Gasteiger partial charge in [0.25, 0.3) is 11.6 Å². The third kappa shape index (κ3) is 6.88. The average molecular weight is 405 g/mol. The van der Waals surface area contributed by atoms with E-state index < -0.39 is 4.92 Å². The van der Waals surface area contributed by atoms with Gasteiger partial charge < -0.3 is 16.0 Å². The number of hydrogen-bond acceptors (Lipinski definition) is 5. The molecule has 0 atom stereocenters. The van der Waals surface area contributed by atoms with Gasteiger partial charge in [-0.1, -0.05) is 23.7 Å². The number of hydrogen-bond donors (Lipinski definition) is 3. The maximum atomic E-state index is 11.9. The highest BCUT2D eigenvalue weighted by molar-refractivity contribution is 6.30. The molecule has 0 aliphatic heterocycles. The SMILES string of the molecule is O=C(CCCNC(=O)c1ccc(Cl)cc1)NCCNc1ccccc1[N+](=O)[O-]. The largest absolute Gasteiger partial charge is 0.378 e. The number of nitrogens with zero attached hydrogens (tertiary/aromatic N) is 1. The van der Waals surface area contributed by atoms with Gasteiger partial charge >= 0.3 is 0 Å². The first-order valence-corrected chi connectivity index (χ1v) is 9.13. The van der Waals surface area contributed by atoms with Gasteiger partial charge in [0.15, 0.2) is 0 Å². The molecule has 0 saturated heterocycles. The van der Waals surface area contributed by atoms with Crippen molar-refractivity contribution in [3.05, 3.63) is 69.2 Å². The molecule has 0 bridgehead atoms. The zero-order valence-corrected chi connectivity index (χ0v) is 15.9. The molecule has 0 aliphatic carbocycles. The van der Waals surface area contributed by atoms with Gasteiger partial charge in [-0.15, -0.1) is 0 Å². The Hall–Kier alpha value is -3.13. The lowest BCUT2D eigenvalue weighted by atomic mass is 10.2. The molecule has 0 aliphatic rings. The fourth-order valence-corrected chi connectivity index (χ4v) is 2.55. The van der Waals surface area contributed by atoms with E-state index in [1.165, 1.54) is 6.07 Å². The summed E-state index contributed by atoms with van der Waals surface area (Å²) >= 11 is 5.78. The van der Waals surface area contributed by atoms with Crippen molar-refractivity contribution in [2.24, 2.45) is 0 Å². The quantitative estimate of drug-likeness (QED) is 0.320. The minimum Gasteiger partial charge on any atom is -0.378 e. The van der Waals surface area contributed by atoms with Crippen LogP contribution in [0.25, 0.3) is 0 Å². The number of carbonyl (C=O) groups is 2. The van der Waals surface area contributed by atoms with Crippen LogP contribution >= 0.6 is 11.6 Å². The number of nitro benzene ring substituents is 1. The van der Waals surface area contributed by atoms with Crippen LogP contribution in [0, 0.1) is 10.1 Å². The minimum absolute atomic E-state index is 0.00902. The maximum absolute atomic E-state index is 11.9. The first-order valence-electron chi connectivity index (χ1n) is 8.75. The van der Waals surface area contributed by atoms with E-state index in [0.717, 1.165) is 0 Å². The molecule has 2 amide bonds. The second-order valence-corrected chi connectivity index (χ2v) is 6.35. The van der Waals surface area contributed by atoms with Gasteiger partial charge in [-0.05, 0) is 36.8 Å². The van der Waals surface area contributed by atoms with Crippen molar-refractivity contribution in [3.8, 4) is 0 Å². The lowest BCUT2D eigenvalue weighted by Crippen LogP contribution is -2.30. The number of carbonyl (C=O) groups excluding carboxylic acids is 2. The summed E-state index contributed by atoms with van der Waals surface area (Å²) in [5, 5.41) is 19.9. The zero-order valence-electron chi connectivity index (χ0n) is 15.1. The normalized spacial score (nSPS) is 10.2. The molecule has 9 heteroatoms. The molecule has 0 fully saturated rings. The number of para-hydroxylation sites is 2. The fourth-order valence-electron chi connectivity index (χ4n) is 2.42. The van der Waals surface area contributed by atoms with Crippen molar-refractivity contribution >= 4 is 34.8 Å². The van der Waals surface area contributed by atoms with Gasteiger partial charge in [-0.3, -0.25) is 19.7 Å². The Labute approximate surface area is 167 Å². The van der Waals surface area contributed by atoms with Crippen molar-refractivity contribution in [1.82, 2.24) is 10.6 Å². The Morgan fingerprint density at radius 2 is 1.68 bits per heavy atom. The summed E-state index contributed by atoms with van der Waals surface area (Å²) in [6.07, 6.45) is 0.773. The molecule has 0 heterocycles. The van der Waals surface area contributed by atoms with Crippen LogP contribution in [0.15, 0.2) is 48.5 Å². The predicted molar refractivity (Wildman–Crippen MR) is 108 cm³/mol. The number of amides is 2. The van der Waals surface area contributed by atoms with Crippen LogP contribution in [-0.2, 0) is 4.79 Å². The first kappa shape index (κ1) is 21.2. The van der Waals surface area contributed by atoms with Gasteiger partial charge in [-0.2, -0.15) is 0 Å². The number of nitro groups is 1. The lowest BCUT2D eigenvalue weighted by Gasteiger charge is -2.09. The molecule has 2 rings (SSSR count). The molecule has 28 heavy (non-hydrogen) atoms. The Morgan fingerprint density at radius 1 is 0.964 bits per heavy atom. The van der Waals surface area contributed by atoms with E-state index >= 15 is 0 Å². The maximum Gasteiger partial charge on any atom is 0.292 e. The molecule has 148 valence electrons. The second-order valence-electron chi connectivity index (χ2n) is 5.92. The van der Waals surface area contributed by atoms with E-state index in [1.807, 2.05) is 0 Å². The highest BCUT2D eigenvalue weighted by Crippen LogP contribution is 2.22. The molecule has 0 radical (unpaired) electrons. The van der Waals surface area contributed by atoms with Gasteiger partial charge in [0.05, 0.1) is 4.92 Å². The second kappa shape index (κ2) is 10.9. The van der Waals surface area contributed by atoms with E-state index in [1.54, 1.807) is 42.5 Å². The summed E-state index contributed by atoms with van der Waals surface area (Å²) in [6.45, 7) is 1.08. The van der Waals surface area contributed by atoms with Crippen molar-refractivity contribution < 1.29 is 14.5 Å². The van der Waals surface area contributed by atoms with Crippen molar-refractivity contribution in [2.45, 2.75) is 12.8 Å². The van der Waals surface area contributed by atoms with Crippen molar-refractivity contribution in [3.63, 3.8) is 0 Å². The molecule has 2 aromatic rings. The molecule has 3 N–H and O–H groups in total. The molecular formula is C19H21ClN4O4. The molecule has 0 spiro atoms. The molecule has 8 nitrogen and oxygen atoms in total. The summed E-state index contributed by atoms with van der Waals surface area (Å²) in [4.78, 5) is 34.2. The number of benzene rings is 2. The van der Waals surface area contributed by atoms with E-state index in [9.17, 15) is 19.7 Å². The Morgan fingerprint density at radius 3 is 2.39 bits per heavy atom. The van der Waals surface area contributed by atoms with E-state index in [-0.39, 0.29) is 23.9 Å². The number of nitrogens with one attached hydrogen (secondary N) is 3. The molecule has 0 aromatic heterocycles. The summed E-state index contributed by atoms with van der Waals surface area (Å²) in [6, 6.07) is 12.9. The average Bonchev–Trinajstić information content (AvgIpc) is 2.69. The Kier molecular flexibility index (Phi) is 8.23. The van der Waals surface area contributed by atoms with Gasteiger partial charge in [0.1, 0.15) is 5.69 Å². The molecular weight excluding hydrogens is 384 g/mol. The van der Waals surface area contributed by atoms with Crippen LogP contribution in [0.3, 0.4) is 0 Å². The van der Waals surface area contributed by atoms with Crippen LogP contribution in [0.1, 0.15) is 23.2 Å². The van der Waals surface area contributed by atoms with Crippen LogP contribution in [0.5, 0.6) is 0 Å². The van der Waals surface area contributed by atoms with Crippen LogP contribution in [-0.4, -0.2) is 36.4 Å². The standard InChI is InChI=1S/C19H21ClN4O4/c20-15-9-7-14(8-10-15)19(26)23-11-3-6-18(25)22-13-12-21-16-4-1-2-5-17(16)24(27)28/h1-2,4-5,7-10,21H,3,6,11-13H2,(H,22,25)(H,23,26).